The van der Waals surface area contributed by atoms with E-state index in [9.17, 15) is 8.42 Å². The number of nitrogen functional groups attached to an aromatic ring is 1. The second-order valence-corrected chi connectivity index (χ2v) is 6.74. The molecule has 0 aliphatic rings. The molecule has 0 saturated heterocycles. The highest BCUT2D eigenvalue weighted by Crippen LogP contribution is 2.33. The fraction of sp³-hybridized carbons (Fsp3) is 0.250. The van der Waals surface area contributed by atoms with Gasteiger partial charge in [-0.3, -0.25) is 4.98 Å². The van der Waals surface area contributed by atoms with Crippen LogP contribution in [0.5, 0.6) is 11.5 Å². The van der Waals surface area contributed by atoms with Crippen LogP contribution in [0.3, 0.4) is 0 Å². The predicted molar refractivity (Wildman–Crippen MR) is 80.1 cm³/mol. The van der Waals surface area contributed by atoms with E-state index in [0.717, 1.165) is 4.88 Å². The molecule has 0 atom stereocenters. The lowest BCUT2D eigenvalue weighted by Crippen LogP contribution is -2.23. The molecule has 0 spiro atoms. The lowest BCUT2D eigenvalue weighted by atomic mass is 10.3. The number of ether oxygens (including phenoxy) is 2. The van der Waals surface area contributed by atoms with Crippen LogP contribution in [0.4, 0.5) is 5.69 Å². The summed E-state index contributed by atoms with van der Waals surface area (Å²) >= 11 is 1.36. The van der Waals surface area contributed by atoms with Crippen molar-refractivity contribution in [3.8, 4) is 11.5 Å². The Morgan fingerprint density at radius 2 is 2.00 bits per heavy atom. The fourth-order valence-corrected chi connectivity index (χ4v) is 3.49. The van der Waals surface area contributed by atoms with Gasteiger partial charge >= 0.3 is 0 Å². The van der Waals surface area contributed by atoms with Crippen molar-refractivity contribution in [2.24, 2.45) is 0 Å². The van der Waals surface area contributed by atoms with Crippen molar-refractivity contribution < 1.29 is 17.9 Å². The average molecular weight is 329 g/mol. The summed E-state index contributed by atoms with van der Waals surface area (Å²) in [7, 11) is -0.930. The Kier molecular flexibility index (Phi) is 4.66. The van der Waals surface area contributed by atoms with E-state index in [1.807, 2.05) is 0 Å². The minimum absolute atomic E-state index is 0.0344. The zero-order chi connectivity index (χ0) is 15.5. The Morgan fingerprint density at radius 3 is 2.57 bits per heavy atom. The SMILES string of the molecule is COc1cc(OC)c(S(=O)(=O)NCc2cncs2)cc1N. The van der Waals surface area contributed by atoms with Gasteiger partial charge in [-0.1, -0.05) is 0 Å². The summed E-state index contributed by atoms with van der Waals surface area (Å²) in [6.45, 7) is 0.155. The lowest BCUT2D eigenvalue weighted by Gasteiger charge is -2.13. The Labute approximate surface area is 126 Å². The molecule has 2 aromatic rings. The van der Waals surface area contributed by atoms with Crippen molar-refractivity contribution in [3.63, 3.8) is 0 Å². The molecule has 1 aromatic heterocycles. The summed E-state index contributed by atoms with van der Waals surface area (Å²) in [5, 5.41) is 0. The van der Waals surface area contributed by atoms with Crippen LogP contribution < -0.4 is 19.9 Å². The molecule has 0 bridgehead atoms. The van der Waals surface area contributed by atoms with Gasteiger partial charge in [-0.15, -0.1) is 11.3 Å². The van der Waals surface area contributed by atoms with Gasteiger partial charge in [-0.25, -0.2) is 13.1 Å². The van der Waals surface area contributed by atoms with E-state index in [1.54, 1.807) is 11.7 Å². The molecule has 0 saturated carbocycles. The highest BCUT2D eigenvalue weighted by Gasteiger charge is 2.22. The van der Waals surface area contributed by atoms with Gasteiger partial charge in [0.15, 0.2) is 0 Å². The molecule has 1 aromatic carbocycles. The second-order valence-electron chi connectivity index (χ2n) is 4.04. The van der Waals surface area contributed by atoms with E-state index in [2.05, 4.69) is 9.71 Å². The van der Waals surface area contributed by atoms with E-state index >= 15 is 0 Å². The first kappa shape index (κ1) is 15.5. The standard InChI is InChI=1S/C12H15N3O4S2/c1-18-10-4-11(19-2)12(3-9(10)13)21(16,17)15-6-8-5-14-7-20-8/h3-5,7,15H,6,13H2,1-2H3. The van der Waals surface area contributed by atoms with Crippen molar-refractivity contribution in [1.29, 1.82) is 0 Å². The Balaban J connectivity index is 2.32. The number of aromatic nitrogens is 1. The molecule has 3 N–H and O–H groups in total. The van der Waals surface area contributed by atoms with Gasteiger partial charge in [0, 0.05) is 23.7 Å². The number of rotatable bonds is 6. The summed E-state index contributed by atoms with van der Waals surface area (Å²) in [6.07, 6.45) is 1.60. The molecule has 114 valence electrons. The number of benzene rings is 1. The van der Waals surface area contributed by atoms with Crippen LogP contribution in [-0.4, -0.2) is 27.6 Å². The molecule has 0 fully saturated rings. The molecule has 0 amide bonds. The number of nitrogens with two attached hydrogens (primary N) is 1. The zero-order valence-corrected chi connectivity index (χ0v) is 13.1. The van der Waals surface area contributed by atoms with Crippen molar-refractivity contribution in [2.45, 2.75) is 11.4 Å². The van der Waals surface area contributed by atoms with Gasteiger partial charge in [0.25, 0.3) is 0 Å². The number of thiazole rings is 1. The quantitative estimate of drug-likeness (QED) is 0.772. The molecular formula is C12H15N3O4S2. The molecule has 0 aliphatic carbocycles. The number of nitrogens with one attached hydrogen (secondary N) is 1. The van der Waals surface area contributed by atoms with E-state index in [0.29, 0.717) is 5.75 Å². The molecule has 9 heteroatoms. The van der Waals surface area contributed by atoms with E-state index < -0.39 is 10.0 Å². The Bertz CT molecular complexity index is 714. The number of hydrogen-bond acceptors (Lipinski definition) is 7. The summed E-state index contributed by atoms with van der Waals surface area (Å²) in [6, 6.07) is 2.75. The first-order valence-electron chi connectivity index (χ1n) is 5.86. The number of anilines is 1. The normalized spacial score (nSPS) is 11.3. The summed E-state index contributed by atoms with van der Waals surface area (Å²) < 4.78 is 37.3. The average Bonchev–Trinajstić information content (AvgIpc) is 2.98. The molecule has 7 nitrogen and oxygen atoms in total. The first-order valence-corrected chi connectivity index (χ1v) is 8.22. The highest BCUT2D eigenvalue weighted by molar-refractivity contribution is 7.89. The van der Waals surface area contributed by atoms with Crippen LogP contribution in [0.15, 0.2) is 28.7 Å². The Morgan fingerprint density at radius 1 is 1.29 bits per heavy atom. The van der Waals surface area contributed by atoms with Crippen molar-refractivity contribution in [1.82, 2.24) is 9.71 Å². The Hall–Kier alpha value is -1.84. The topological polar surface area (TPSA) is 104 Å². The van der Waals surface area contributed by atoms with Gasteiger partial charge in [-0.2, -0.15) is 0 Å². The van der Waals surface area contributed by atoms with Gasteiger partial charge in [0.05, 0.1) is 25.4 Å². The molecule has 0 radical (unpaired) electrons. The van der Waals surface area contributed by atoms with Crippen LogP contribution in [0, 0.1) is 0 Å². The smallest absolute Gasteiger partial charge is 0.244 e. The third-order valence-electron chi connectivity index (χ3n) is 2.73. The van der Waals surface area contributed by atoms with Crippen LogP contribution in [0.1, 0.15) is 4.88 Å². The number of nitrogens with zero attached hydrogens (tertiary/aromatic N) is 1. The summed E-state index contributed by atoms with van der Waals surface area (Å²) in [5.74, 6) is 0.520. The van der Waals surface area contributed by atoms with Crippen LogP contribution >= 0.6 is 11.3 Å². The maximum absolute atomic E-state index is 12.4. The number of sulfonamides is 1. The molecular weight excluding hydrogens is 314 g/mol. The van der Waals surface area contributed by atoms with Crippen LogP contribution in [-0.2, 0) is 16.6 Å². The number of hydrogen-bond donors (Lipinski definition) is 2. The second kappa shape index (κ2) is 6.29. The summed E-state index contributed by atoms with van der Waals surface area (Å²) in [5.41, 5.74) is 7.62. The van der Waals surface area contributed by atoms with Crippen LogP contribution in [0.2, 0.25) is 0 Å². The summed E-state index contributed by atoms with van der Waals surface area (Å²) in [4.78, 5) is 4.66. The van der Waals surface area contributed by atoms with Gasteiger partial charge in [0.1, 0.15) is 16.4 Å². The van der Waals surface area contributed by atoms with E-state index in [4.69, 9.17) is 15.2 Å². The monoisotopic (exact) mass is 329 g/mol. The van der Waals surface area contributed by atoms with Crippen LogP contribution in [0.25, 0.3) is 0 Å². The van der Waals surface area contributed by atoms with Gasteiger partial charge < -0.3 is 15.2 Å². The molecule has 2 rings (SSSR count). The zero-order valence-electron chi connectivity index (χ0n) is 11.5. The van der Waals surface area contributed by atoms with Gasteiger partial charge in [0.2, 0.25) is 10.0 Å². The third-order valence-corrected chi connectivity index (χ3v) is 4.93. The maximum Gasteiger partial charge on any atom is 0.244 e. The largest absolute Gasteiger partial charge is 0.495 e. The third kappa shape index (κ3) is 3.43. The maximum atomic E-state index is 12.4. The minimum Gasteiger partial charge on any atom is -0.495 e. The fourth-order valence-electron chi connectivity index (χ4n) is 1.68. The highest BCUT2D eigenvalue weighted by atomic mass is 32.2. The van der Waals surface area contributed by atoms with E-state index in [1.165, 1.54) is 37.7 Å². The molecule has 1 heterocycles. The van der Waals surface area contributed by atoms with Gasteiger partial charge in [-0.05, 0) is 6.07 Å². The van der Waals surface area contributed by atoms with E-state index in [-0.39, 0.29) is 22.9 Å². The lowest BCUT2D eigenvalue weighted by molar-refractivity contribution is 0.387. The van der Waals surface area contributed by atoms with Crippen molar-refractivity contribution in [2.75, 3.05) is 20.0 Å². The minimum atomic E-state index is -3.76. The number of methoxy groups -OCH3 is 2. The molecule has 21 heavy (non-hydrogen) atoms. The molecule has 0 unspecified atom stereocenters. The predicted octanol–water partition coefficient (Wildman–Crippen LogP) is 1.22. The van der Waals surface area contributed by atoms with Crippen molar-refractivity contribution >= 4 is 27.0 Å². The first-order chi connectivity index (χ1) is 9.97. The van der Waals surface area contributed by atoms with Crippen molar-refractivity contribution in [3.05, 3.63) is 28.7 Å². The molecule has 0 aliphatic heterocycles.